The SMILES string of the molecule is CC1(C)CNCCN(S)C1. The van der Waals surface area contributed by atoms with Crippen molar-refractivity contribution in [1.29, 1.82) is 0 Å². The van der Waals surface area contributed by atoms with Crippen molar-refractivity contribution >= 4 is 12.8 Å². The first-order valence-electron chi connectivity index (χ1n) is 3.75. The van der Waals surface area contributed by atoms with Crippen molar-refractivity contribution in [3.05, 3.63) is 0 Å². The summed E-state index contributed by atoms with van der Waals surface area (Å²) in [6.45, 7) is 8.80. The highest BCUT2D eigenvalue weighted by atomic mass is 32.1. The maximum absolute atomic E-state index is 4.34. The van der Waals surface area contributed by atoms with Crippen LogP contribution in [0.25, 0.3) is 0 Å². The molecule has 1 aliphatic heterocycles. The molecule has 60 valence electrons. The van der Waals surface area contributed by atoms with E-state index in [1.54, 1.807) is 0 Å². The van der Waals surface area contributed by atoms with Gasteiger partial charge in [0.15, 0.2) is 0 Å². The Labute approximate surface area is 68.5 Å². The fourth-order valence-corrected chi connectivity index (χ4v) is 1.75. The zero-order valence-electron chi connectivity index (χ0n) is 6.72. The normalized spacial score (nSPS) is 27.9. The molecule has 0 aromatic heterocycles. The largest absolute Gasteiger partial charge is 0.315 e. The van der Waals surface area contributed by atoms with E-state index in [1.807, 2.05) is 0 Å². The van der Waals surface area contributed by atoms with Crippen LogP contribution in [0.4, 0.5) is 0 Å². The Morgan fingerprint density at radius 3 is 2.90 bits per heavy atom. The van der Waals surface area contributed by atoms with Crippen LogP contribution in [0, 0.1) is 5.41 Å². The van der Waals surface area contributed by atoms with E-state index in [0.717, 1.165) is 26.2 Å². The number of rotatable bonds is 0. The van der Waals surface area contributed by atoms with Crippen LogP contribution in [-0.2, 0) is 0 Å². The van der Waals surface area contributed by atoms with Crippen LogP contribution in [0.1, 0.15) is 13.8 Å². The van der Waals surface area contributed by atoms with Crippen LogP contribution in [0.5, 0.6) is 0 Å². The van der Waals surface area contributed by atoms with Crippen molar-refractivity contribution < 1.29 is 0 Å². The topological polar surface area (TPSA) is 15.3 Å². The van der Waals surface area contributed by atoms with Gasteiger partial charge in [-0.3, -0.25) is 4.31 Å². The molecule has 0 amide bonds. The highest BCUT2D eigenvalue weighted by Crippen LogP contribution is 2.18. The second-order valence-corrected chi connectivity index (χ2v) is 4.29. The van der Waals surface area contributed by atoms with E-state index in [4.69, 9.17) is 0 Å². The van der Waals surface area contributed by atoms with E-state index in [0.29, 0.717) is 5.41 Å². The molecule has 0 spiro atoms. The summed E-state index contributed by atoms with van der Waals surface area (Å²) >= 11 is 4.34. The lowest BCUT2D eigenvalue weighted by molar-refractivity contribution is 0.306. The van der Waals surface area contributed by atoms with E-state index in [9.17, 15) is 0 Å². The lowest BCUT2D eigenvalue weighted by atomic mass is 9.94. The molecule has 1 N–H and O–H groups in total. The van der Waals surface area contributed by atoms with Crippen molar-refractivity contribution in [2.24, 2.45) is 5.41 Å². The Kier molecular flexibility index (Phi) is 2.61. The quantitative estimate of drug-likeness (QED) is 0.509. The lowest BCUT2D eigenvalue weighted by Crippen LogP contribution is -2.31. The summed E-state index contributed by atoms with van der Waals surface area (Å²) in [5, 5.41) is 3.38. The minimum absolute atomic E-state index is 0.373. The van der Waals surface area contributed by atoms with Gasteiger partial charge in [0.05, 0.1) is 0 Å². The molecule has 0 aliphatic carbocycles. The summed E-state index contributed by atoms with van der Waals surface area (Å²) < 4.78 is 2.08. The van der Waals surface area contributed by atoms with Crippen molar-refractivity contribution in [1.82, 2.24) is 9.62 Å². The lowest BCUT2D eigenvalue weighted by Gasteiger charge is -2.24. The van der Waals surface area contributed by atoms with Gasteiger partial charge < -0.3 is 5.32 Å². The second kappa shape index (κ2) is 3.11. The second-order valence-electron chi connectivity index (χ2n) is 3.73. The molecular formula is C7H16N2S. The van der Waals surface area contributed by atoms with Crippen molar-refractivity contribution in [2.75, 3.05) is 26.2 Å². The minimum Gasteiger partial charge on any atom is -0.315 e. The Morgan fingerprint density at radius 1 is 1.50 bits per heavy atom. The van der Waals surface area contributed by atoms with E-state index >= 15 is 0 Å². The Bertz CT molecular complexity index is 114. The summed E-state index contributed by atoms with van der Waals surface area (Å²) in [6.07, 6.45) is 0. The summed E-state index contributed by atoms with van der Waals surface area (Å²) in [5.74, 6) is 0. The van der Waals surface area contributed by atoms with Crippen LogP contribution in [0.3, 0.4) is 0 Å². The third-order valence-electron chi connectivity index (χ3n) is 1.76. The standard InChI is InChI=1S/C7H16N2S/c1-7(2)5-8-3-4-9(10)6-7/h8,10H,3-6H2,1-2H3. The Hall–Kier alpha value is 0.270. The van der Waals surface area contributed by atoms with Crippen molar-refractivity contribution in [2.45, 2.75) is 13.8 Å². The molecule has 3 heteroatoms. The molecule has 0 atom stereocenters. The number of nitrogens with zero attached hydrogens (tertiary/aromatic N) is 1. The van der Waals surface area contributed by atoms with Gasteiger partial charge in [-0.05, 0) is 5.41 Å². The third-order valence-corrected chi connectivity index (χ3v) is 2.10. The molecule has 1 heterocycles. The molecule has 1 aliphatic rings. The van der Waals surface area contributed by atoms with Gasteiger partial charge in [-0.15, -0.1) is 0 Å². The molecule has 0 unspecified atom stereocenters. The van der Waals surface area contributed by atoms with Crippen LogP contribution < -0.4 is 5.32 Å². The maximum atomic E-state index is 4.34. The van der Waals surface area contributed by atoms with Gasteiger partial charge >= 0.3 is 0 Å². The number of hydrogen-bond acceptors (Lipinski definition) is 3. The Morgan fingerprint density at radius 2 is 2.20 bits per heavy atom. The average molecular weight is 160 g/mol. The van der Waals surface area contributed by atoms with Crippen LogP contribution in [0.15, 0.2) is 0 Å². The highest BCUT2D eigenvalue weighted by Gasteiger charge is 2.22. The number of hydrogen-bond donors (Lipinski definition) is 2. The van der Waals surface area contributed by atoms with Crippen LogP contribution in [0.2, 0.25) is 0 Å². The molecule has 0 bridgehead atoms. The van der Waals surface area contributed by atoms with Gasteiger partial charge in [0, 0.05) is 26.2 Å². The fourth-order valence-electron chi connectivity index (χ4n) is 1.26. The summed E-state index contributed by atoms with van der Waals surface area (Å²) in [4.78, 5) is 0. The van der Waals surface area contributed by atoms with Gasteiger partial charge in [-0.25, -0.2) is 0 Å². The third kappa shape index (κ3) is 2.48. The molecule has 0 radical (unpaired) electrons. The van der Waals surface area contributed by atoms with Gasteiger partial charge in [-0.2, -0.15) is 0 Å². The smallest absolute Gasteiger partial charge is 0.0213 e. The zero-order chi connectivity index (χ0) is 7.61. The van der Waals surface area contributed by atoms with Gasteiger partial charge in [0.2, 0.25) is 0 Å². The van der Waals surface area contributed by atoms with Crippen LogP contribution in [-0.4, -0.2) is 30.5 Å². The summed E-state index contributed by atoms with van der Waals surface area (Å²) in [6, 6.07) is 0. The maximum Gasteiger partial charge on any atom is 0.0213 e. The van der Waals surface area contributed by atoms with Crippen LogP contribution >= 0.6 is 12.8 Å². The molecule has 0 aromatic carbocycles. The van der Waals surface area contributed by atoms with Crippen molar-refractivity contribution in [3.8, 4) is 0 Å². The van der Waals surface area contributed by atoms with E-state index in [2.05, 4.69) is 36.3 Å². The molecule has 0 aromatic rings. The molecule has 1 fully saturated rings. The average Bonchev–Trinajstić information content (AvgIpc) is 1.90. The first kappa shape index (κ1) is 8.37. The molecule has 1 rings (SSSR count). The first-order valence-corrected chi connectivity index (χ1v) is 4.15. The van der Waals surface area contributed by atoms with E-state index in [1.165, 1.54) is 0 Å². The van der Waals surface area contributed by atoms with E-state index < -0.39 is 0 Å². The molecular weight excluding hydrogens is 144 g/mol. The summed E-state index contributed by atoms with van der Waals surface area (Å²) in [5.41, 5.74) is 0.373. The molecule has 10 heavy (non-hydrogen) atoms. The number of thiol groups is 1. The highest BCUT2D eigenvalue weighted by molar-refractivity contribution is 7.77. The number of nitrogens with one attached hydrogen (secondary N) is 1. The molecule has 1 saturated heterocycles. The van der Waals surface area contributed by atoms with Gasteiger partial charge in [0.1, 0.15) is 0 Å². The monoisotopic (exact) mass is 160 g/mol. The fraction of sp³-hybridized carbons (Fsp3) is 1.00. The predicted octanol–water partition coefficient (Wildman–Crippen LogP) is 0.763. The zero-order valence-corrected chi connectivity index (χ0v) is 7.62. The van der Waals surface area contributed by atoms with Gasteiger partial charge in [-0.1, -0.05) is 26.7 Å². The minimum atomic E-state index is 0.373. The first-order chi connectivity index (χ1) is 4.60. The molecule has 2 nitrogen and oxygen atoms in total. The molecule has 0 saturated carbocycles. The Balaban J connectivity index is 2.46. The van der Waals surface area contributed by atoms with Gasteiger partial charge in [0.25, 0.3) is 0 Å². The summed E-state index contributed by atoms with van der Waals surface area (Å²) in [7, 11) is 0. The predicted molar refractivity (Wildman–Crippen MR) is 47.2 cm³/mol. The van der Waals surface area contributed by atoms with Crippen molar-refractivity contribution in [3.63, 3.8) is 0 Å². The van der Waals surface area contributed by atoms with E-state index in [-0.39, 0.29) is 0 Å².